The van der Waals surface area contributed by atoms with Crippen LogP contribution in [0.5, 0.6) is 0 Å². The standard InChI is InChI=1S/C11H20ClN3/c1-9-7-10(15(4)14-9)8-13-11(2,3)5-6-12/h7,13H,5-6,8H2,1-4H3. The Morgan fingerprint density at radius 2 is 2.20 bits per heavy atom. The Labute approximate surface area is 96.8 Å². The van der Waals surface area contributed by atoms with E-state index in [-0.39, 0.29) is 5.54 Å². The molecular formula is C11H20ClN3. The van der Waals surface area contributed by atoms with Gasteiger partial charge in [0, 0.05) is 25.0 Å². The first-order valence-corrected chi connectivity index (χ1v) is 5.78. The first-order chi connectivity index (χ1) is 6.94. The lowest BCUT2D eigenvalue weighted by Crippen LogP contribution is -2.39. The zero-order valence-corrected chi connectivity index (χ0v) is 10.7. The number of hydrogen-bond acceptors (Lipinski definition) is 2. The van der Waals surface area contributed by atoms with Crippen molar-refractivity contribution in [3.8, 4) is 0 Å². The van der Waals surface area contributed by atoms with Gasteiger partial charge in [-0.25, -0.2) is 0 Å². The van der Waals surface area contributed by atoms with Crippen molar-refractivity contribution in [3.63, 3.8) is 0 Å². The zero-order chi connectivity index (χ0) is 11.5. The fourth-order valence-electron chi connectivity index (χ4n) is 1.48. The van der Waals surface area contributed by atoms with Crippen LogP contribution in [0, 0.1) is 6.92 Å². The lowest BCUT2D eigenvalue weighted by molar-refractivity contribution is 0.370. The van der Waals surface area contributed by atoms with Gasteiger partial charge >= 0.3 is 0 Å². The lowest BCUT2D eigenvalue weighted by Gasteiger charge is -2.25. The molecule has 1 rings (SSSR count). The van der Waals surface area contributed by atoms with Crippen LogP contribution in [-0.4, -0.2) is 21.2 Å². The van der Waals surface area contributed by atoms with Gasteiger partial charge in [-0.1, -0.05) is 0 Å². The van der Waals surface area contributed by atoms with E-state index in [4.69, 9.17) is 11.6 Å². The highest BCUT2D eigenvalue weighted by molar-refractivity contribution is 6.17. The minimum atomic E-state index is 0.0833. The van der Waals surface area contributed by atoms with E-state index in [2.05, 4.69) is 30.3 Å². The Kier molecular flexibility index (Phi) is 4.17. The van der Waals surface area contributed by atoms with Crippen LogP contribution in [0.1, 0.15) is 31.7 Å². The van der Waals surface area contributed by atoms with Gasteiger partial charge in [-0.05, 0) is 33.3 Å². The van der Waals surface area contributed by atoms with Gasteiger partial charge in [0.25, 0.3) is 0 Å². The lowest BCUT2D eigenvalue weighted by atomic mass is 10.0. The van der Waals surface area contributed by atoms with E-state index in [1.165, 1.54) is 5.69 Å². The number of halogens is 1. The summed E-state index contributed by atoms with van der Waals surface area (Å²) in [5.41, 5.74) is 2.35. The molecule has 1 heterocycles. The topological polar surface area (TPSA) is 29.9 Å². The number of nitrogens with one attached hydrogen (secondary N) is 1. The largest absolute Gasteiger partial charge is 0.306 e. The summed E-state index contributed by atoms with van der Waals surface area (Å²) in [4.78, 5) is 0. The predicted molar refractivity (Wildman–Crippen MR) is 64.2 cm³/mol. The number of aromatic nitrogens is 2. The van der Waals surface area contributed by atoms with Crippen LogP contribution in [0.4, 0.5) is 0 Å². The summed E-state index contributed by atoms with van der Waals surface area (Å²) in [6.45, 7) is 7.17. The van der Waals surface area contributed by atoms with Crippen LogP contribution >= 0.6 is 11.6 Å². The van der Waals surface area contributed by atoms with Crippen molar-refractivity contribution < 1.29 is 0 Å². The van der Waals surface area contributed by atoms with Crippen molar-refractivity contribution in [2.24, 2.45) is 7.05 Å². The highest BCUT2D eigenvalue weighted by Crippen LogP contribution is 2.11. The van der Waals surface area contributed by atoms with E-state index in [1.54, 1.807) is 0 Å². The maximum absolute atomic E-state index is 5.75. The molecule has 3 nitrogen and oxygen atoms in total. The van der Waals surface area contributed by atoms with Crippen LogP contribution in [0.25, 0.3) is 0 Å². The van der Waals surface area contributed by atoms with Crippen LogP contribution in [0.15, 0.2) is 6.07 Å². The van der Waals surface area contributed by atoms with Gasteiger partial charge in [-0.15, -0.1) is 11.6 Å². The molecule has 0 aromatic carbocycles. The van der Waals surface area contributed by atoms with Crippen LogP contribution in [0.2, 0.25) is 0 Å². The third kappa shape index (κ3) is 3.84. The Morgan fingerprint density at radius 3 is 2.67 bits per heavy atom. The van der Waals surface area contributed by atoms with Crippen LogP contribution in [0.3, 0.4) is 0 Å². The third-order valence-corrected chi connectivity index (χ3v) is 2.76. The van der Waals surface area contributed by atoms with E-state index in [0.29, 0.717) is 5.88 Å². The molecule has 0 unspecified atom stereocenters. The molecule has 0 atom stereocenters. The molecule has 1 aromatic rings. The van der Waals surface area contributed by atoms with Gasteiger partial charge < -0.3 is 5.32 Å². The minimum Gasteiger partial charge on any atom is -0.306 e. The summed E-state index contributed by atoms with van der Waals surface area (Å²) in [5, 5.41) is 7.79. The second kappa shape index (κ2) is 4.99. The quantitative estimate of drug-likeness (QED) is 0.785. The molecule has 0 fully saturated rings. The predicted octanol–water partition coefficient (Wildman–Crippen LogP) is 2.23. The smallest absolute Gasteiger partial charge is 0.0597 e. The highest BCUT2D eigenvalue weighted by atomic mass is 35.5. The maximum atomic E-state index is 5.75. The van der Waals surface area contributed by atoms with Crippen molar-refractivity contribution in [1.29, 1.82) is 0 Å². The fraction of sp³-hybridized carbons (Fsp3) is 0.727. The van der Waals surface area contributed by atoms with E-state index < -0.39 is 0 Å². The number of rotatable bonds is 5. The highest BCUT2D eigenvalue weighted by Gasteiger charge is 2.16. The summed E-state index contributed by atoms with van der Waals surface area (Å²) in [6.07, 6.45) is 0.964. The first kappa shape index (κ1) is 12.5. The molecule has 1 aromatic heterocycles. The Bertz CT molecular complexity index is 318. The summed E-state index contributed by atoms with van der Waals surface area (Å²) < 4.78 is 1.92. The van der Waals surface area contributed by atoms with Crippen molar-refractivity contribution in [2.75, 3.05) is 5.88 Å². The van der Waals surface area contributed by atoms with Crippen molar-refractivity contribution in [3.05, 3.63) is 17.5 Å². The molecule has 0 radical (unpaired) electrons. The molecule has 0 saturated heterocycles. The number of hydrogen-bond donors (Lipinski definition) is 1. The summed E-state index contributed by atoms with van der Waals surface area (Å²) in [5.74, 6) is 0.685. The van der Waals surface area contributed by atoms with Crippen molar-refractivity contribution >= 4 is 11.6 Å². The summed E-state index contributed by atoms with van der Waals surface area (Å²) in [7, 11) is 1.97. The molecule has 0 aliphatic heterocycles. The van der Waals surface area contributed by atoms with Crippen molar-refractivity contribution in [2.45, 2.75) is 39.3 Å². The molecule has 86 valence electrons. The number of alkyl halides is 1. The normalized spacial score (nSPS) is 12.1. The molecule has 0 amide bonds. The number of aryl methyl sites for hydroxylation is 2. The number of nitrogens with zero attached hydrogens (tertiary/aromatic N) is 2. The van der Waals surface area contributed by atoms with Gasteiger partial charge in [0.1, 0.15) is 0 Å². The van der Waals surface area contributed by atoms with E-state index in [1.807, 2.05) is 18.7 Å². The van der Waals surface area contributed by atoms with Crippen LogP contribution in [-0.2, 0) is 13.6 Å². The van der Waals surface area contributed by atoms with Gasteiger partial charge in [0.2, 0.25) is 0 Å². The molecule has 4 heteroatoms. The maximum Gasteiger partial charge on any atom is 0.0597 e. The SMILES string of the molecule is Cc1cc(CNC(C)(C)CCCl)n(C)n1. The van der Waals surface area contributed by atoms with Gasteiger partial charge in [-0.3, -0.25) is 4.68 Å². The van der Waals surface area contributed by atoms with Gasteiger partial charge in [0.15, 0.2) is 0 Å². The summed E-state index contributed by atoms with van der Waals surface area (Å²) in [6, 6.07) is 2.10. The average molecular weight is 230 g/mol. The van der Waals surface area contributed by atoms with E-state index in [0.717, 1.165) is 18.7 Å². The molecule has 0 saturated carbocycles. The third-order valence-electron chi connectivity index (χ3n) is 2.57. The summed E-state index contributed by atoms with van der Waals surface area (Å²) >= 11 is 5.75. The molecule has 0 aliphatic carbocycles. The minimum absolute atomic E-state index is 0.0833. The van der Waals surface area contributed by atoms with Gasteiger partial charge in [0.05, 0.1) is 11.4 Å². The van der Waals surface area contributed by atoms with Gasteiger partial charge in [-0.2, -0.15) is 5.10 Å². The second-order valence-electron chi connectivity index (χ2n) is 4.58. The Hall–Kier alpha value is -0.540. The monoisotopic (exact) mass is 229 g/mol. The Morgan fingerprint density at radius 1 is 1.53 bits per heavy atom. The second-order valence-corrected chi connectivity index (χ2v) is 4.96. The van der Waals surface area contributed by atoms with E-state index in [9.17, 15) is 0 Å². The van der Waals surface area contributed by atoms with E-state index >= 15 is 0 Å². The molecule has 15 heavy (non-hydrogen) atoms. The molecule has 0 bridgehead atoms. The molecule has 0 spiro atoms. The first-order valence-electron chi connectivity index (χ1n) is 5.25. The Balaban J connectivity index is 2.53. The van der Waals surface area contributed by atoms with Crippen molar-refractivity contribution in [1.82, 2.24) is 15.1 Å². The fourth-order valence-corrected chi connectivity index (χ4v) is 1.96. The molecule has 1 N–H and O–H groups in total. The van der Waals surface area contributed by atoms with Crippen LogP contribution < -0.4 is 5.32 Å². The molecule has 0 aliphatic rings. The molecular weight excluding hydrogens is 210 g/mol. The zero-order valence-electron chi connectivity index (χ0n) is 9.97. The average Bonchev–Trinajstić information content (AvgIpc) is 2.42.